The van der Waals surface area contributed by atoms with Crippen molar-refractivity contribution in [3.05, 3.63) is 65.2 Å². The molecule has 2 aromatic rings. The molecule has 1 fully saturated rings. The molecule has 2 aliphatic rings. The number of fused-ring (bicyclic) bond motifs is 1. The van der Waals surface area contributed by atoms with Crippen molar-refractivity contribution in [2.24, 2.45) is 5.92 Å². The minimum absolute atomic E-state index is 0.0574. The lowest BCUT2D eigenvalue weighted by Crippen LogP contribution is -2.22. The summed E-state index contributed by atoms with van der Waals surface area (Å²) in [6, 6.07) is 10.7. The average molecular weight is 366 g/mol. The summed E-state index contributed by atoms with van der Waals surface area (Å²) in [5, 5.41) is 0. The highest BCUT2D eigenvalue weighted by Gasteiger charge is 2.29. The molecular weight excluding hydrogens is 347 g/mol. The molecule has 4 nitrogen and oxygen atoms in total. The van der Waals surface area contributed by atoms with Crippen molar-refractivity contribution in [3.63, 3.8) is 0 Å². The Labute approximate surface area is 156 Å². The maximum atomic E-state index is 13.3. The van der Waals surface area contributed by atoms with Crippen LogP contribution in [0.25, 0.3) is 6.08 Å². The number of carbonyl (C=O) groups is 2. The van der Waals surface area contributed by atoms with E-state index in [4.69, 9.17) is 9.47 Å². The Morgan fingerprint density at radius 3 is 2.70 bits per heavy atom. The predicted molar refractivity (Wildman–Crippen MR) is 98.0 cm³/mol. The molecule has 1 aliphatic carbocycles. The normalized spacial score (nSPS) is 18.3. The monoisotopic (exact) mass is 366 g/mol. The van der Waals surface area contributed by atoms with Crippen molar-refractivity contribution in [3.8, 4) is 11.5 Å². The van der Waals surface area contributed by atoms with Crippen LogP contribution >= 0.6 is 0 Å². The molecule has 5 heteroatoms. The molecule has 0 saturated heterocycles. The molecule has 1 saturated carbocycles. The van der Waals surface area contributed by atoms with Gasteiger partial charge in [-0.15, -0.1) is 0 Å². The van der Waals surface area contributed by atoms with E-state index in [0.717, 1.165) is 25.7 Å². The number of carbonyl (C=O) groups excluding carboxylic acids is 2. The number of esters is 1. The third-order valence-corrected chi connectivity index (χ3v) is 4.94. The summed E-state index contributed by atoms with van der Waals surface area (Å²) in [6.45, 7) is 0. The van der Waals surface area contributed by atoms with Gasteiger partial charge in [-0.25, -0.2) is 4.39 Å². The van der Waals surface area contributed by atoms with Gasteiger partial charge in [-0.1, -0.05) is 31.4 Å². The average Bonchev–Trinajstić information content (AvgIpc) is 2.97. The van der Waals surface area contributed by atoms with Crippen LogP contribution in [0.4, 0.5) is 4.39 Å². The number of Topliss-reactive ketones (excluding diaryl/α,β-unsaturated/α-hetero) is 1. The summed E-state index contributed by atoms with van der Waals surface area (Å²) in [6.07, 6.45) is 6.49. The van der Waals surface area contributed by atoms with Crippen molar-refractivity contribution in [1.82, 2.24) is 0 Å². The standard InChI is InChI=1S/C22H19FO4/c23-16-8-4-5-14(11-16)12-20-21(24)18-10-9-17(13-19(18)27-20)26-22(25)15-6-2-1-3-7-15/h4-5,8-13,15H,1-3,6-7H2/b20-12-. The number of benzene rings is 2. The molecule has 0 N–H and O–H groups in total. The van der Waals surface area contributed by atoms with Gasteiger partial charge in [0.2, 0.25) is 5.78 Å². The Bertz CT molecular complexity index is 926. The number of rotatable bonds is 3. The number of ether oxygens (including phenoxy) is 2. The lowest BCUT2D eigenvalue weighted by molar-refractivity contribution is -0.139. The molecular formula is C22H19FO4. The molecule has 0 atom stereocenters. The van der Waals surface area contributed by atoms with Crippen LogP contribution in [0.15, 0.2) is 48.2 Å². The minimum atomic E-state index is -0.385. The lowest BCUT2D eigenvalue weighted by Gasteiger charge is -2.19. The smallest absolute Gasteiger partial charge is 0.314 e. The first-order chi connectivity index (χ1) is 13.1. The molecule has 0 radical (unpaired) electrons. The molecule has 27 heavy (non-hydrogen) atoms. The van der Waals surface area contributed by atoms with E-state index in [9.17, 15) is 14.0 Å². The number of hydrogen-bond acceptors (Lipinski definition) is 4. The van der Waals surface area contributed by atoms with Gasteiger partial charge in [0.25, 0.3) is 0 Å². The van der Waals surface area contributed by atoms with Gasteiger partial charge in [0.15, 0.2) is 5.76 Å². The summed E-state index contributed by atoms with van der Waals surface area (Å²) >= 11 is 0. The fraction of sp³-hybridized carbons (Fsp3) is 0.273. The van der Waals surface area contributed by atoms with Crippen LogP contribution in [0.5, 0.6) is 11.5 Å². The van der Waals surface area contributed by atoms with Crippen LogP contribution in [-0.2, 0) is 4.79 Å². The third kappa shape index (κ3) is 3.77. The van der Waals surface area contributed by atoms with Crippen molar-refractivity contribution in [1.29, 1.82) is 0 Å². The predicted octanol–water partition coefficient (Wildman–Crippen LogP) is 4.93. The van der Waals surface area contributed by atoms with Crippen molar-refractivity contribution < 1.29 is 23.5 Å². The lowest BCUT2D eigenvalue weighted by atomic mass is 9.89. The molecule has 1 heterocycles. The van der Waals surface area contributed by atoms with E-state index in [1.807, 2.05) is 0 Å². The topological polar surface area (TPSA) is 52.6 Å². The quantitative estimate of drug-likeness (QED) is 0.439. The van der Waals surface area contributed by atoms with Gasteiger partial charge in [-0.3, -0.25) is 9.59 Å². The second-order valence-electron chi connectivity index (χ2n) is 6.91. The van der Waals surface area contributed by atoms with Gasteiger partial charge in [0, 0.05) is 6.07 Å². The number of allylic oxidation sites excluding steroid dienone is 1. The SMILES string of the molecule is O=C1/C(=C/c2cccc(F)c2)Oc2cc(OC(=O)C3CCCCC3)ccc21. The van der Waals surface area contributed by atoms with Crippen LogP contribution in [0.2, 0.25) is 0 Å². The third-order valence-electron chi connectivity index (χ3n) is 4.94. The van der Waals surface area contributed by atoms with Crippen molar-refractivity contribution >= 4 is 17.8 Å². The first kappa shape index (κ1) is 17.5. The maximum absolute atomic E-state index is 13.3. The zero-order valence-corrected chi connectivity index (χ0v) is 14.7. The molecule has 0 amide bonds. The second-order valence-corrected chi connectivity index (χ2v) is 6.91. The highest BCUT2D eigenvalue weighted by molar-refractivity contribution is 6.14. The van der Waals surface area contributed by atoms with Gasteiger partial charge in [0.1, 0.15) is 17.3 Å². The Morgan fingerprint density at radius 1 is 1.11 bits per heavy atom. The first-order valence-corrected chi connectivity index (χ1v) is 9.16. The van der Waals surface area contributed by atoms with E-state index >= 15 is 0 Å². The Hall–Kier alpha value is -2.95. The molecule has 0 bridgehead atoms. The van der Waals surface area contributed by atoms with Gasteiger partial charge in [0.05, 0.1) is 11.5 Å². The molecule has 0 aromatic heterocycles. The highest BCUT2D eigenvalue weighted by atomic mass is 19.1. The number of halogens is 1. The molecule has 138 valence electrons. The maximum Gasteiger partial charge on any atom is 0.314 e. The van der Waals surface area contributed by atoms with Gasteiger partial charge >= 0.3 is 5.97 Å². The molecule has 0 unspecified atom stereocenters. The van der Waals surface area contributed by atoms with Gasteiger partial charge in [-0.2, -0.15) is 0 Å². The van der Waals surface area contributed by atoms with E-state index < -0.39 is 0 Å². The molecule has 4 rings (SSSR count). The van der Waals surface area contributed by atoms with Crippen molar-refractivity contribution in [2.45, 2.75) is 32.1 Å². The van der Waals surface area contributed by atoms with Crippen LogP contribution in [0.3, 0.4) is 0 Å². The van der Waals surface area contributed by atoms with Crippen LogP contribution < -0.4 is 9.47 Å². The summed E-state index contributed by atoms with van der Waals surface area (Å²) in [7, 11) is 0. The first-order valence-electron chi connectivity index (χ1n) is 9.16. The fourth-order valence-corrected chi connectivity index (χ4v) is 3.52. The summed E-state index contributed by atoms with van der Waals surface area (Å²) < 4.78 is 24.4. The Morgan fingerprint density at radius 2 is 1.93 bits per heavy atom. The van der Waals surface area contributed by atoms with E-state index in [0.29, 0.717) is 22.6 Å². The highest BCUT2D eigenvalue weighted by Crippen LogP contribution is 2.35. The minimum Gasteiger partial charge on any atom is -0.452 e. The number of ketones is 1. The van der Waals surface area contributed by atoms with Crippen LogP contribution in [0.1, 0.15) is 48.0 Å². The summed E-state index contributed by atoms with van der Waals surface area (Å²) in [5.74, 6) is -0.122. The van der Waals surface area contributed by atoms with Crippen molar-refractivity contribution in [2.75, 3.05) is 0 Å². The van der Waals surface area contributed by atoms with Gasteiger partial charge < -0.3 is 9.47 Å². The Kier molecular flexibility index (Phi) is 4.75. The van der Waals surface area contributed by atoms with E-state index in [1.54, 1.807) is 30.3 Å². The Balaban J connectivity index is 1.51. The summed E-state index contributed by atoms with van der Waals surface area (Å²) in [4.78, 5) is 24.8. The second kappa shape index (κ2) is 7.35. The molecule has 0 spiro atoms. The van der Waals surface area contributed by atoms with Crippen LogP contribution in [-0.4, -0.2) is 11.8 Å². The largest absolute Gasteiger partial charge is 0.452 e. The zero-order chi connectivity index (χ0) is 18.8. The van der Waals surface area contributed by atoms with E-state index in [2.05, 4.69) is 0 Å². The summed E-state index contributed by atoms with van der Waals surface area (Å²) in [5.41, 5.74) is 0.935. The van der Waals surface area contributed by atoms with Gasteiger partial charge in [-0.05, 0) is 48.7 Å². The van der Waals surface area contributed by atoms with Crippen LogP contribution in [0, 0.1) is 11.7 Å². The number of hydrogen-bond donors (Lipinski definition) is 0. The van der Waals surface area contributed by atoms with E-state index in [-0.39, 0.29) is 29.2 Å². The fourth-order valence-electron chi connectivity index (χ4n) is 3.52. The van der Waals surface area contributed by atoms with E-state index in [1.165, 1.54) is 24.6 Å². The molecule has 1 aliphatic heterocycles. The zero-order valence-electron chi connectivity index (χ0n) is 14.7. The molecule has 2 aromatic carbocycles.